The highest BCUT2D eigenvalue weighted by Crippen LogP contribution is 2.47. The van der Waals surface area contributed by atoms with Crippen LogP contribution in [0.2, 0.25) is 0 Å². The normalized spacial score (nSPS) is 32.8. The highest BCUT2D eigenvalue weighted by molar-refractivity contribution is 8.01. The number of carbonyl (C=O) groups excluding carboxylic acids is 2. The number of nitrogens with zero attached hydrogens (tertiary/aromatic N) is 2. The summed E-state index contributed by atoms with van der Waals surface area (Å²) in [5.74, 6) is 0.842. The van der Waals surface area contributed by atoms with Gasteiger partial charge >= 0.3 is 0 Å². The summed E-state index contributed by atoms with van der Waals surface area (Å²) >= 11 is 1.73. The van der Waals surface area contributed by atoms with Gasteiger partial charge in [0.15, 0.2) is 0 Å². The molecule has 5 nitrogen and oxygen atoms in total. The molecular formula is C15H24N2O3S. The van der Waals surface area contributed by atoms with Gasteiger partial charge in [0.1, 0.15) is 6.04 Å². The second kappa shape index (κ2) is 5.80. The van der Waals surface area contributed by atoms with Gasteiger partial charge < -0.3 is 14.9 Å². The van der Waals surface area contributed by atoms with Gasteiger partial charge in [-0.25, -0.2) is 0 Å². The Bertz CT molecular complexity index is 439. The Morgan fingerprint density at radius 1 is 1.48 bits per heavy atom. The third-order valence-electron chi connectivity index (χ3n) is 5.12. The van der Waals surface area contributed by atoms with E-state index in [1.807, 2.05) is 9.80 Å². The number of aliphatic hydroxyl groups is 1. The number of rotatable bonds is 4. The molecule has 0 bridgehead atoms. The van der Waals surface area contributed by atoms with Crippen molar-refractivity contribution < 1.29 is 14.7 Å². The number of hydrogen-bond acceptors (Lipinski definition) is 4. The van der Waals surface area contributed by atoms with Gasteiger partial charge in [0.25, 0.3) is 0 Å². The van der Waals surface area contributed by atoms with Crippen LogP contribution in [0.1, 0.15) is 45.4 Å². The molecule has 0 aromatic carbocycles. The van der Waals surface area contributed by atoms with Gasteiger partial charge in [-0.05, 0) is 26.2 Å². The van der Waals surface area contributed by atoms with Gasteiger partial charge in [-0.3, -0.25) is 9.59 Å². The van der Waals surface area contributed by atoms with Crippen LogP contribution in [0.5, 0.6) is 0 Å². The Morgan fingerprint density at radius 2 is 2.19 bits per heavy atom. The SMILES string of the molecule is CC12CCC(=O)N1C(C(=O)N(CCO)C1CCCC1)CS2. The fourth-order valence-corrected chi connectivity index (χ4v) is 5.41. The predicted octanol–water partition coefficient (Wildman–Crippen LogP) is 1.20. The molecule has 2 heterocycles. The van der Waals surface area contributed by atoms with Crippen molar-refractivity contribution in [2.45, 2.75) is 62.4 Å². The van der Waals surface area contributed by atoms with E-state index >= 15 is 0 Å². The van der Waals surface area contributed by atoms with Crippen molar-refractivity contribution in [3.05, 3.63) is 0 Å². The van der Waals surface area contributed by atoms with Crippen LogP contribution in [-0.4, -0.2) is 62.6 Å². The molecular weight excluding hydrogens is 288 g/mol. The highest BCUT2D eigenvalue weighted by Gasteiger charge is 2.53. The minimum absolute atomic E-state index is 0.00663. The number of hydrogen-bond donors (Lipinski definition) is 1. The molecule has 1 aliphatic carbocycles. The molecule has 1 saturated carbocycles. The Hall–Kier alpha value is -0.750. The van der Waals surface area contributed by atoms with E-state index in [1.165, 1.54) is 0 Å². The van der Waals surface area contributed by atoms with Crippen molar-refractivity contribution in [2.24, 2.45) is 0 Å². The van der Waals surface area contributed by atoms with E-state index in [2.05, 4.69) is 6.92 Å². The number of aliphatic hydroxyl groups excluding tert-OH is 1. The minimum Gasteiger partial charge on any atom is -0.395 e. The van der Waals surface area contributed by atoms with Crippen molar-refractivity contribution >= 4 is 23.6 Å². The van der Waals surface area contributed by atoms with E-state index in [0.717, 1.165) is 32.1 Å². The van der Waals surface area contributed by atoms with Crippen LogP contribution in [0.3, 0.4) is 0 Å². The van der Waals surface area contributed by atoms with Crippen LogP contribution >= 0.6 is 11.8 Å². The van der Waals surface area contributed by atoms with Gasteiger partial charge in [-0.2, -0.15) is 0 Å². The summed E-state index contributed by atoms with van der Waals surface area (Å²) in [7, 11) is 0. The zero-order valence-corrected chi connectivity index (χ0v) is 13.4. The fraction of sp³-hybridized carbons (Fsp3) is 0.867. The average Bonchev–Trinajstić information content (AvgIpc) is 3.14. The van der Waals surface area contributed by atoms with Crippen molar-refractivity contribution in [2.75, 3.05) is 18.9 Å². The molecule has 6 heteroatoms. The molecule has 2 saturated heterocycles. The summed E-state index contributed by atoms with van der Waals surface area (Å²) in [6, 6.07) is -0.0821. The largest absolute Gasteiger partial charge is 0.395 e. The number of amides is 2. The average molecular weight is 312 g/mol. The summed E-state index contributed by atoms with van der Waals surface area (Å²) < 4.78 is 0. The molecule has 3 aliphatic rings. The van der Waals surface area contributed by atoms with E-state index in [9.17, 15) is 14.7 Å². The summed E-state index contributed by atoms with van der Waals surface area (Å²) in [6.45, 7) is 2.46. The first-order valence-electron chi connectivity index (χ1n) is 7.94. The number of thioether (sulfide) groups is 1. The third-order valence-corrected chi connectivity index (χ3v) is 6.62. The zero-order chi connectivity index (χ0) is 15.0. The number of carbonyl (C=O) groups is 2. The Balaban J connectivity index is 1.78. The lowest BCUT2D eigenvalue weighted by Crippen LogP contribution is -2.54. The van der Waals surface area contributed by atoms with Crippen molar-refractivity contribution in [3.63, 3.8) is 0 Å². The molecule has 1 N–H and O–H groups in total. The highest BCUT2D eigenvalue weighted by atomic mass is 32.2. The van der Waals surface area contributed by atoms with Crippen LogP contribution in [0.15, 0.2) is 0 Å². The first-order chi connectivity index (χ1) is 10.1. The van der Waals surface area contributed by atoms with Crippen molar-refractivity contribution in [3.8, 4) is 0 Å². The van der Waals surface area contributed by atoms with Crippen molar-refractivity contribution in [1.82, 2.24) is 9.80 Å². The Labute approximate surface area is 130 Å². The molecule has 2 unspecified atom stereocenters. The van der Waals surface area contributed by atoms with Gasteiger partial charge in [0, 0.05) is 24.8 Å². The maximum absolute atomic E-state index is 13.0. The lowest BCUT2D eigenvalue weighted by atomic mass is 10.1. The van der Waals surface area contributed by atoms with Crippen LogP contribution in [0.25, 0.3) is 0 Å². The molecule has 3 rings (SSSR count). The standard InChI is InChI=1S/C15H24N2O3S/c1-15-7-6-13(19)17(15)12(10-21-15)14(20)16(8-9-18)11-4-2-3-5-11/h11-12,18H,2-10H2,1H3. The summed E-state index contributed by atoms with van der Waals surface area (Å²) in [5, 5.41) is 9.30. The quantitative estimate of drug-likeness (QED) is 0.847. The predicted molar refractivity (Wildman–Crippen MR) is 81.8 cm³/mol. The first-order valence-corrected chi connectivity index (χ1v) is 8.93. The molecule has 2 atom stereocenters. The van der Waals surface area contributed by atoms with Crippen LogP contribution in [0.4, 0.5) is 0 Å². The Morgan fingerprint density at radius 3 is 2.86 bits per heavy atom. The van der Waals surface area contributed by atoms with Gasteiger partial charge in [-0.1, -0.05) is 12.8 Å². The molecule has 118 valence electrons. The maximum Gasteiger partial charge on any atom is 0.246 e. The molecule has 21 heavy (non-hydrogen) atoms. The summed E-state index contributed by atoms with van der Waals surface area (Å²) in [5.41, 5.74) is 0. The second-order valence-electron chi connectivity index (χ2n) is 6.46. The fourth-order valence-electron chi connectivity index (χ4n) is 3.99. The molecule has 3 fully saturated rings. The van der Waals surface area contributed by atoms with Gasteiger partial charge in [0.05, 0.1) is 11.5 Å². The summed E-state index contributed by atoms with van der Waals surface area (Å²) in [4.78, 5) is 28.6. The van der Waals surface area contributed by atoms with E-state index in [-0.39, 0.29) is 35.4 Å². The van der Waals surface area contributed by atoms with E-state index in [0.29, 0.717) is 18.7 Å². The molecule has 2 aliphatic heterocycles. The molecule has 2 amide bonds. The zero-order valence-electron chi connectivity index (χ0n) is 12.6. The maximum atomic E-state index is 13.0. The van der Waals surface area contributed by atoms with E-state index in [1.54, 1.807) is 11.8 Å². The topological polar surface area (TPSA) is 60.9 Å². The van der Waals surface area contributed by atoms with Crippen molar-refractivity contribution in [1.29, 1.82) is 0 Å². The van der Waals surface area contributed by atoms with Gasteiger partial charge in [0.2, 0.25) is 11.8 Å². The second-order valence-corrected chi connectivity index (χ2v) is 7.96. The van der Waals surface area contributed by atoms with Crippen LogP contribution < -0.4 is 0 Å². The molecule has 0 aromatic heterocycles. The molecule has 0 aromatic rings. The van der Waals surface area contributed by atoms with E-state index in [4.69, 9.17) is 0 Å². The minimum atomic E-state index is -0.331. The number of fused-ring (bicyclic) bond motifs is 1. The smallest absolute Gasteiger partial charge is 0.246 e. The lowest BCUT2D eigenvalue weighted by Gasteiger charge is -2.35. The van der Waals surface area contributed by atoms with E-state index < -0.39 is 0 Å². The van der Waals surface area contributed by atoms with Gasteiger partial charge in [-0.15, -0.1) is 11.8 Å². The molecule has 0 radical (unpaired) electrons. The first kappa shape index (κ1) is 15.2. The van der Waals surface area contributed by atoms with Crippen LogP contribution in [-0.2, 0) is 9.59 Å². The van der Waals surface area contributed by atoms with Crippen LogP contribution in [0, 0.1) is 0 Å². The molecule has 0 spiro atoms. The monoisotopic (exact) mass is 312 g/mol. The summed E-state index contributed by atoms with van der Waals surface area (Å²) in [6.07, 6.45) is 5.74. The third kappa shape index (κ3) is 2.57. The Kier molecular flexibility index (Phi) is 4.19. The lowest BCUT2D eigenvalue weighted by molar-refractivity contribution is -0.145.